The Bertz CT molecular complexity index is 1090. The van der Waals surface area contributed by atoms with E-state index < -0.39 is 4.92 Å². The molecule has 2 N–H and O–H groups in total. The Labute approximate surface area is 151 Å². The molecule has 0 bridgehead atoms. The van der Waals surface area contributed by atoms with Crippen molar-refractivity contribution < 1.29 is 4.92 Å². The summed E-state index contributed by atoms with van der Waals surface area (Å²) < 4.78 is 0. The summed E-state index contributed by atoms with van der Waals surface area (Å²) >= 11 is 5.94. The number of hydrogen-bond donors (Lipinski definition) is 2. The van der Waals surface area contributed by atoms with Crippen LogP contribution in [0.5, 0.6) is 0 Å². The van der Waals surface area contributed by atoms with Crippen LogP contribution in [-0.2, 0) is 0 Å². The maximum atomic E-state index is 10.7. The van der Waals surface area contributed by atoms with Gasteiger partial charge in [-0.05, 0) is 18.2 Å². The van der Waals surface area contributed by atoms with Gasteiger partial charge in [0, 0.05) is 16.7 Å². The second kappa shape index (κ2) is 6.37. The van der Waals surface area contributed by atoms with E-state index in [4.69, 9.17) is 11.6 Å². The van der Waals surface area contributed by atoms with Crippen LogP contribution in [0.3, 0.4) is 0 Å². The zero-order valence-electron chi connectivity index (χ0n) is 13.0. The van der Waals surface area contributed by atoms with Crippen LogP contribution in [0, 0.1) is 10.1 Å². The van der Waals surface area contributed by atoms with Gasteiger partial charge in [0.05, 0.1) is 10.3 Å². The summed E-state index contributed by atoms with van der Waals surface area (Å²) in [6.07, 6.45) is 2.57. The highest BCUT2D eigenvalue weighted by atomic mass is 35.5. The number of anilines is 2. The third-order valence-electron chi connectivity index (χ3n) is 3.68. The first-order valence-corrected chi connectivity index (χ1v) is 7.82. The van der Waals surface area contributed by atoms with Crippen LogP contribution in [0.4, 0.5) is 17.3 Å². The standard InChI is InChI=1S/C16H10ClN7O2/c17-10-3-1-9(2-4-10)14-13-15(19-8-20-16(13)23-22-14)21-12-6-5-11(7-18-12)24(25)26/h1-8H,(H2,18,19,20,21,22,23). The fourth-order valence-electron chi connectivity index (χ4n) is 2.46. The molecule has 0 unspecified atom stereocenters. The molecule has 0 aliphatic rings. The van der Waals surface area contributed by atoms with Crippen LogP contribution in [-0.4, -0.2) is 30.1 Å². The molecule has 0 aliphatic heterocycles. The molecule has 9 nitrogen and oxygen atoms in total. The number of pyridine rings is 1. The quantitative estimate of drug-likeness (QED) is 0.416. The van der Waals surface area contributed by atoms with Gasteiger partial charge in [0.2, 0.25) is 0 Å². The number of fused-ring (bicyclic) bond motifs is 1. The minimum absolute atomic E-state index is 0.0893. The van der Waals surface area contributed by atoms with Crippen molar-refractivity contribution in [1.29, 1.82) is 0 Å². The van der Waals surface area contributed by atoms with Gasteiger partial charge in [-0.2, -0.15) is 5.10 Å². The number of halogens is 1. The molecule has 0 amide bonds. The molecule has 4 aromatic rings. The number of benzene rings is 1. The molecule has 0 atom stereocenters. The SMILES string of the molecule is O=[N+]([O-])c1ccc(Nc2ncnc3[nH]nc(-c4ccc(Cl)cc4)c23)nc1. The predicted octanol–water partition coefficient (Wildman–Crippen LogP) is 3.72. The van der Waals surface area contributed by atoms with Crippen LogP contribution in [0.25, 0.3) is 22.3 Å². The number of nitrogens with one attached hydrogen (secondary N) is 2. The van der Waals surface area contributed by atoms with Crippen molar-refractivity contribution in [3.63, 3.8) is 0 Å². The molecule has 3 heterocycles. The Balaban J connectivity index is 1.76. The minimum Gasteiger partial charge on any atom is -0.324 e. The van der Waals surface area contributed by atoms with E-state index in [0.717, 1.165) is 5.56 Å². The van der Waals surface area contributed by atoms with Gasteiger partial charge in [0.25, 0.3) is 5.69 Å². The third-order valence-corrected chi connectivity index (χ3v) is 3.93. The Morgan fingerprint density at radius 3 is 2.58 bits per heavy atom. The highest BCUT2D eigenvalue weighted by Crippen LogP contribution is 2.31. The number of nitro groups is 1. The first-order chi connectivity index (χ1) is 12.6. The van der Waals surface area contributed by atoms with Crippen molar-refractivity contribution in [2.75, 3.05) is 5.32 Å². The Hall–Kier alpha value is -3.59. The lowest BCUT2D eigenvalue weighted by molar-refractivity contribution is -0.385. The first-order valence-electron chi connectivity index (χ1n) is 7.44. The molecule has 10 heteroatoms. The van der Waals surface area contributed by atoms with E-state index in [9.17, 15) is 10.1 Å². The topological polar surface area (TPSA) is 123 Å². The van der Waals surface area contributed by atoms with Crippen LogP contribution in [0.2, 0.25) is 5.02 Å². The maximum Gasteiger partial charge on any atom is 0.287 e. The summed E-state index contributed by atoms with van der Waals surface area (Å²) in [6, 6.07) is 10.1. The average molecular weight is 368 g/mol. The Kier molecular flexibility index (Phi) is 3.90. The second-order valence-electron chi connectivity index (χ2n) is 5.31. The summed E-state index contributed by atoms with van der Waals surface area (Å²) in [4.78, 5) is 22.7. The Morgan fingerprint density at radius 1 is 1.08 bits per heavy atom. The van der Waals surface area contributed by atoms with Crippen LogP contribution >= 0.6 is 11.6 Å². The number of aromatic amines is 1. The van der Waals surface area contributed by atoms with Crippen LogP contribution in [0.1, 0.15) is 0 Å². The van der Waals surface area contributed by atoms with Gasteiger partial charge >= 0.3 is 0 Å². The fraction of sp³-hybridized carbons (Fsp3) is 0. The summed E-state index contributed by atoms with van der Waals surface area (Å²) in [7, 11) is 0. The molecule has 4 rings (SSSR count). The average Bonchev–Trinajstić information content (AvgIpc) is 3.08. The van der Waals surface area contributed by atoms with Gasteiger partial charge in [0.1, 0.15) is 29.9 Å². The van der Waals surface area contributed by atoms with E-state index in [2.05, 4.69) is 30.5 Å². The van der Waals surface area contributed by atoms with E-state index in [1.54, 1.807) is 12.1 Å². The van der Waals surface area contributed by atoms with Gasteiger partial charge in [-0.1, -0.05) is 23.7 Å². The van der Waals surface area contributed by atoms with Crippen LogP contribution < -0.4 is 5.32 Å². The number of H-pyrrole nitrogens is 1. The number of nitrogens with zero attached hydrogens (tertiary/aromatic N) is 5. The van der Waals surface area contributed by atoms with Gasteiger partial charge in [-0.25, -0.2) is 15.0 Å². The van der Waals surface area contributed by atoms with E-state index in [1.807, 2.05) is 12.1 Å². The van der Waals surface area contributed by atoms with Crippen LogP contribution in [0.15, 0.2) is 48.9 Å². The predicted molar refractivity (Wildman–Crippen MR) is 96.3 cm³/mol. The maximum absolute atomic E-state index is 10.7. The molecule has 1 aromatic carbocycles. The van der Waals surface area contributed by atoms with Crippen molar-refractivity contribution in [3.8, 4) is 11.3 Å². The van der Waals surface area contributed by atoms with E-state index >= 15 is 0 Å². The lowest BCUT2D eigenvalue weighted by Crippen LogP contribution is -1.98. The number of rotatable bonds is 4. The molecule has 128 valence electrons. The molecular weight excluding hydrogens is 358 g/mol. The highest BCUT2D eigenvalue weighted by molar-refractivity contribution is 6.30. The molecule has 0 aliphatic carbocycles. The zero-order valence-corrected chi connectivity index (χ0v) is 13.8. The summed E-state index contributed by atoms with van der Waals surface area (Å²) in [5, 5.41) is 22.3. The molecule has 26 heavy (non-hydrogen) atoms. The van der Waals surface area contributed by atoms with Crippen molar-refractivity contribution in [2.24, 2.45) is 0 Å². The Morgan fingerprint density at radius 2 is 1.88 bits per heavy atom. The molecule has 0 spiro atoms. The molecule has 0 saturated heterocycles. The lowest BCUT2D eigenvalue weighted by Gasteiger charge is -2.06. The van der Waals surface area contributed by atoms with Gasteiger partial charge in [0.15, 0.2) is 5.65 Å². The molecular formula is C16H10ClN7O2. The van der Waals surface area contributed by atoms with Gasteiger partial charge in [-0.15, -0.1) is 0 Å². The fourth-order valence-corrected chi connectivity index (χ4v) is 2.59. The van der Waals surface area contributed by atoms with E-state index in [-0.39, 0.29) is 5.69 Å². The smallest absolute Gasteiger partial charge is 0.287 e. The monoisotopic (exact) mass is 367 g/mol. The minimum atomic E-state index is -0.506. The normalized spacial score (nSPS) is 10.8. The summed E-state index contributed by atoms with van der Waals surface area (Å²) in [5.41, 5.74) is 1.96. The van der Waals surface area contributed by atoms with Crippen molar-refractivity contribution in [3.05, 3.63) is 64.1 Å². The summed E-state index contributed by atoms with van der Waals surface area (Å²) in [6.45, 7) is 0. The highest BCUT2D eigenvalue weighted by Gasteiger charge is 2.15. The van der Waals surface area contributed by atoms with Crippen molar-refractivity contribution in [2.45, 2.75) is 0 Å². The third kappa shape index (κ3) is 2.91. The van der Waals surface area contributed by atoms with Gasteiger partial charge < -0.3 is 5.32 Å². The molecule has 0 radical (unpaired) electrons. The van der Waals surface area contributed by atoms with Gasteiger partial charge in [-0.3, -0.25) is 15.2 Å². The lowest BCUT2D eigenvalue weighted by atomic mass is 10.1. The largest absolute Gasteiger partial charge is 0.324 e. The van der Waals surface area contributed by atoms with E-state index in [0.29, 0.717) is 33.4 Å². The number of aromatic nitrogens is 5. The second-order valence-corrected chi connectivity index (χ2v) is 5.75. The number of hydrogen-bond acceptors (Lipinski definition) is 7. The first kappa shape index (κ1) is 15.9. The van der Waals surface area contributed by atoms with Crippen molar-refractivity contribution in [1.82, 2.24) is 25.1 Å². The summed E-state index contributed by atoms with van der Waals surface area (Å²) in [5.74, 6) is 0.897. The van der Waals surface area contributed by atoms with E-state index in [1.165, 1.54) is 24.7 Å². The van der Waals surface area contributed by atoms with Crippen molar-refractivity contribution >= 4 is 40.0 Å². The molecule has 3 aromatic heterocycles. The molecule has 0 saturated carbocycles. The zero-order chi connectivity index (χ0) is 18.1. The molecule has 0 fully saturated rings.